The van der Waals surface area contributed by atoms with Gasteiger partial charge in [-0.05, 0) is 41.7 Å². The van der Waals surface area contributed by atoms with E-state index in [2.05, 4.69) is 11.3 Å². The maximum Gasteiger partial charge on any atom is 0.169 e. The van der Waals surface area contributed by atoms with Crippen molar-refractivity contribution in [2.24, 2.45) is 0 Å². The minimum absolute atomic E-state index is 0.620. The zero-order valence-corrected chi connectivity index (χ0v) is 16.8. The number of benzene rings is 2. The van der Waals surface area contributed by atoms with Crippen molar-refractivity contribution in [2.45, 2.75) is 13.3 Å². The standard InChI is InChI=1S/C21H23NO4S/c1-5-10-26-15-8-6-14(7-9-15)18-13-22-27-21(18)17-11-16(23-2)12-19(24-3)20(17)25-4/h6-9,11-13H,5,10H2,1-4H3. The number of methoxy groups -OCH3 is 3. The summed E-state index contributed by atoms with van der Waals surface area (Å²) in [5, 5.41) is 0. The van der Waals surface area contributed by atoms with Crippen molar-refractivity contribution in [1.82, 2.24) is 4.37 Å². The van der Waals surface area contributed by atoms with Crippen LogP contribution >= 0.6 is 11.5 Å². The van der Waals surface area contributed by atoms with Crippen LogP contribution in [0.15, 0.2) is 42.6 Å². The maximum absolute atomic E-state index is 5.67. The monoisotopic (exact) mass is 385 g/mol. The van der Waals surface area contributed by atoms with Gasteiger partial charge in [0.2, 0.25) is 0 Å². The molecule has 0 amide bonds. The van der Waals surface area contributed by atoms with Crippen molar-refractivity contribution < 1.29 is 18.9 Å². The summed E-state index contributed by atoms with van der Waals surface area (Å²) >= 11 is 1.41. The van der Waals surface area contributed by atoms with E-state index >= 15 is 0 Å². The summed E-state index contributed by atoms with van der Waals surface area (Å²) in [6, 6.07) is 11.8. The number of nitrogens with zero attached hydrogens (tertiary/aromatic N) is 1. The van der Waals surface area contributed by atoms with E-state index in [4.69, 9.17) is 18.9 Å². The van der Waals surface area contributed by atoms with Crippen LogP contribution in [0.3, 0.4) is 0 Å². The molecular formula is C21H23NO4S. The molecule has 0 saturated carbocycles. The third-order valence-corrected chi connectivity index (χ3v) is 4.97. The molecule has 5 nitrogen and oxygen atoms in total. The first-order valence-electron chi connectivity index (χ1n) is 8.70. The minimum atomic E-state index is 0.620. The van der Waals surface area contributed by atoms with Crippen LogP contribution in [0.1, 0.15) is 13.3 Å². The van der Waals surface area contributed by atoms with Crippen molar-refractivity contribution in [1.29, 1.82) is 0 Å². The normalized spacial score (nSPS) is 10.5. The van der Waals surface area contributed by atoms with Crippen LogP contribution < -0.4 is 18.9 Å². The van der Waals surface area contributed by atoms with Crippen LogP contribution in [0.4, 0.5) is 0 Å². The van der Waals surface area contributed by atoms with Gasteiger partial charge in [-0.3, -0.25) is 0 Å². The molecule has 2 aromatic carbocycles. The van der Waals surface area contributed by atoms with E-state index in [9.17, 15) is 0 Å². The Kier molecular flexibility index (Phi) is 6.19. The van der Waals surface area contributed by atoms with Gasteiger partial charge < -0.3 is 18.9 Å². The topological polar surface area (TPSA) is 49.8 Å². The van der Waals surface area contributed by atoms with Crippen molar-refractivity contribution in [3.63, 3.8) is 0 Å². The Bertz CT molecular complexity index is 890. The second-order valence-electron chi connectivity index (χ2n) is 5.85. The predicted octanol–water partition coefficient (Wildman–Crippen LogP) is 5.29. The molecule has 0 spiro atoms. The summed E-state index contributed by atoms with van der Waals surface area (Å²) in [5.74, 6) is 2.84. The summed E-state index contributed by atoms with van der Waals surface area (Å²) in [7, 11) is 4.88. The third-order valence-electron chi connectivity index (χ3n) is 4.14. The molecule has 3 rings (SSSR count). The summed E-state index contributed by atoms with van der Waals surface area (Å²) < 4.78 is 26.6. The highest BCUT2D eigenvalue weighted by atomic mass is 32.1. The Morgan fingerprint density at radius 3 is 2.30 bits per heavy atom. The molecule has 0 aliphatic carbocycles. The highest BCUT2D eigenvalue weighted by Crippen LogP contribution is 2.46. The van der Waals surface area contributed by atoms with Crippen LogP contribution in [0.25, 0.3) is 21.6 Å². The van der Waals surface area contributed by atoms with Gasteiger partial charge in [0, 0.05) is 23.4 Å². The van der Waals surface area contributed by atoms with Gasteiger partial charge in [0.05, 0.1) is 32.8 Å². The van der Waals surface area contributed by atoms with E-state index in [0.717, 1.165) is 33.7 Å². The molecule has 0 bridgehead atoms. The molecule has 1 aromatic heterocycles. The Hall–Kier alpha value is -2.73. The van der Waals surface area contributed by atoms with Crippen LogP contribution in [0.5, 0.6) is 23.0 Å². The van der Waals surface area contributed by atoms with Crippen molar-refractivity contribution in [3.8, 4) is 44.6 Å². The first-order chi connectivity index (χ1) is 13.2. The molecule has 0 aliphatic rings. The van der Waals surface area contributed by atoms with E-state index in [-0.39, 0.29) is 0 Å². The molecule has 0 unspecified atom stereocenters. The largest absolute Gasteiger partial charge is 0.497 e. The predicted molar refractivity (Wildman–Crippen MR) is 108 cm³/mol. The Balaban J connectivity index is 2.05. The molecule has 0 fully saturated rings. The highest BCUT2D eigenvalue weighted by molar-refractivity contribution is 7.10. The van der Waals surface area contributed by atoms with E-state index in [1.54, 1.807) is 21.3 Å². The zero-order chi connectivity index (χ0) is 19.2. The fourth-order valence-corrected chi connectivity index (χ4v) is 3.60. The minimum Gasteiger partial charge on any atom is -0.497 e. The summed E-state index contributed by atoms with van der Waals surface area (Å²) in [5.41, 5.74) is 2.97. The molecule has 3 aromatic rings. The number of ether oxygens (including phenoxy) is 4. The van der Waals surface area contributed by atoms with Crippen LogP contribution in [-0.2, 0) is 0 Å². The van der Waals surface area contributed by atoms with Crippen LogP contribution in [0.2, 0.25) is 0 Å². The second-order valence-corrected chi connectivity index (χ2v) is 6.65. The smallest absolute Gasteiger partial charge is 0.169 e. The number of hydrogen-bond acceptors (Lipinski definition) is 6. The Labute approximate surface area is 163 Å². The molecular weight excluding hydrogens is 362 g/mol. The average molecular weight is 385 g/mol. The molecule has 1 heterocycles. The average Bonchev–Trinajstić information content (AvgIpc) is 3.21. The lowest BCUT2D eigenvalue weighted by molar-refractivity contribution is 0.317. The van der Waals surface area contributed by atoms with E-state index in [1.807, 2.05) is 42.6 Å². The summed E-state index contributed by atoms with van der Waals surface area (Å²) in [6.07, 6.45) is 2.85. The first kappa shape index (κ1) is 19.0. The Morgan fingerprint density at radius 2 is 1.67 bits per heavy atom. The second kappa shape index (κ2) is 8.77. The van der Waals surface area contributed by atoms with Crippen LogP contribution in [-0.4, -0.2) is 32.3 Å². The first-order valence-corrected chi connectivity index (χ1v) is 9.47. The quantitative estimate of drug-likeness (QED) is 0.527. The van der Waals surface area contributed by atoms with E-state index in [0.29, 0.717) is 23.9 Å². The van der Waals surface area contributed by atoms with Crippen LogP contribution in [0, 0.1) is 0 Å². The Morgan fingerprint density at radius 1 is 0.889 bits per heavy atom. The molecule has 0 saturated heterocycles. The van der Waals surface area contributed by atoms with Gasteiger partial charge in [-0.15, -0.1) is 0 Å². The van der Waals surface area contributed by atoms with E-state index < -0.39 is 0 Å². The summed E-state index contributed by atoms with van der Waals surface area (Å²) in [4.78, 5) is 0.992. The lowest BCUT2D eigenvalue weighted by atomic mass is 10.0. The maximum atomic E-state index is 5.67. The third kappa shape index (κ3) is 4.01. The molecule has 0 N–H and O–H groups in total. The van der Waals surface area contributed by atoms with Gasteiger partial charge in [-0.1, -0.05) is 19.1 Å². The van der Waals surface area contributed by atoms with Gasteiger partial charge >= 0.3 is 0 Å². The number of rotatable bonds is 8. The lowest BCUT2D eigenvalue weighted by Crippen LogP contribution is -1.95. The molecule has 6 heteroatoms. The summed E-state index contributed by atoms with van der Waals surface area (Å²) in [6.45, 7) is 2.80. The highest BCUT2D eigenvalue weighted by Gasteiger charge is 2.20. The molecule has 0 atom stereocenters. The molecule has 27 heavy (non-hydrogen) atoms. The molecule has 0 aliphatic heterocycles. The number of aromatic nitrogens is 1. The van der Waals surface area contributed by atoms with Gasteiger partial charge in [-0.2, -0.15) is 4.37 Å². The lowest BCUT2D eigenvalue weighted by Gasteiger charge is -2.15. The fraction of sp³-hybridized carbons (Fsp3) is 0.286. The van der Waals surface area contributed by atoms with E-state index in [1.165, 1.54) is 11.5 Å². The molecule has 142 valence electrons. The van der Waals surface area contributed by atoms with Crippen molar-refractivity contribution in [2.75, 3.05) is 27.9 Å². The molecule has 0 radical (unpaired) electrons. The van der Waals surface area contributed by atoms with Crippen molar-refractivity contribution in [3.05, 3.63) is 42.6 Å². The van der Waals surface area contributed by atoms with Gasteiger partial charge in [0.15, 0.2) is 11.5 Å². The SMILES string of the molecule is CCCOc1ccc(-c2cnsc2-c2cc(OC)cc(OC)c2OC)cc1. The number of hydrogen-bond donors (Lipinski definition) is 0. The van der Waals surface area contributed by atoms with Gasteiger partial charge in [0.1, 0.15) is 11.5 Å². The van der Waals surface area contributed by atoms with Gasteiger partial charge in [0.25, 0.3) is 0 Å². The zero-order valence-electron chi connectivity index (χ0n) is 15.9. The fourth-order valence-electron chi connectivity index (χ4n) is 2.82. The van der Waals surface area contributed by atoms with Gasteiger partial charge in [-0.25, -0.2) is 0 Å². The van der Waals surface area contributed by atoms with Crippen molar-refractivity contribution >= 4 is 11.5 Å².